The lowest BCUT2D eigenvalue weighted by molar-refractivity contribution is 1.07. The lowest BCUT2D eigenvalue weighted by Crippen LogP contribution is -2.01. The number of para-hydroxylation sites is 1. The van der Waals surface area contributed by atoms with E-state index in [4.69, 9.17) is 15.0 Å². The van der Waals surface area contributed by atoms with Crippen molar-refractivity contribution < 1.29 is 0 Å². The van der Waals surface area contributed by atoms with Crippen molar-refractivity contribution in [3.63, 3.8) is 0 Å². The highest BCUT2D eigenvalue weighted by atomic mass is 32.1. The Morgan fingerprint density at radius 3 is 1.70 bits per heavy atom. The van der Waals surface area contributed by atoms with Crippen LogP contribution in [0.1, 0.15) is 0 Å². The smallest absolute Gasteiger partial charge is 0.164 e. The maximum absolute atomic E-state index is 5.04. The first-order valence-electron chi connectivity index (χ1n) is 18.1. The third kappa shape index (κ3) is 4.94. The van der Waals surface area contributed by atoms with Crippen molar-refractivity contribution in [1.29, 1.82) is 0 Å². The number of hydrogen-bond acceptors (Lipinski definition) is 4. The molecule has 5 heteroatoms. The first-order valence-corrected chi connectivity index (χ1v) is 18.9. The zero-order valence-electron chi connectivity index (χ0n) is 29.0. The summed E-state index contributed by atoms with van der Waals surface area (Å²) in [6.45, 7) is 0. The molecular formula is C49H30N4S. The standard InChI is InChI=1S/C49H30N4S/c1-3-14-32(15-4-1)47-50-48(33-16-5-2-6-17-33)52-49(51-47)35-18-11-19-36(29-35)53-43-24-10-9-21-39(43)40-27-26-34(30-44(40)53)38-22-12-23-41-42-28-25-31-13-7-8-20-37(31)45(42)54-46(38)41/h1-30H. The minimum absolute atomic E-state index is 0.634. The highest BCUT2D eigenvalue weighted by molar-refractivity contribution is 7.27. The van der Waals surface area contributed by atoms with Crippen LogP contribution < -0.4 is 0 Å². The van der Waals surface area contributed by atoms with E-state index in [1.807, 2.05) is 72.0 Å². The minimum Gasteiger partial charge on any atom is -0.309 e. The van der Waals surface area contributed by atoms with Gasteiger partial charge in [-0.2, -0.15) is 0 Å². The van der Waals surface area contributed by atoms with Crippen LogP contribution in [0.3, 0.4) is 0 Å². The summed E-state index contributed by atoms with van der Waals surface area (Å²) in [5, 5.41) is 7.63. The predicted octanol–water partition coefficient (Wildman–Crippen LogP) is 13.2. The average Bonchev–Trinajstić information content (AvgIpc) is 3.80. The lowest BCUT2D eigenvalue weighted by atomic mass is 10.0. The number of nitrogens with zero attached hydrogens (tertiary/aromatic N) is 4. The molecule has 0 N–H and O–H groups in total. The van der Waals surface area contributed by atoms with Gasteiger partial charge in [0.25, 0.3) is 0 Å². The number of fused-ring (bicyclic) bond motifs is 8. The Kier molecular flexibility index (Phi) is 7.00. The van der Waals surface area contributed by atoms with E-state index in [-0.39, 0.29) is 0 Å². The summed E-state index contributed by atoms with van der Waals surface area (Å²) < 4.78 is 5.03. The Balaban J connectivity index is 1.10. The molecule has 0 saturated carbocycles. The quantitative estimate of drug-likeness (QED) is 0.179. The summed E-state index contributed by atoms with van der Waals surface area (Å²) in [6.07, 6.45) is 0. The molecule has 0 amide bonds. The maximum atomic E-state index is 5.04. The molecule has 11 rings (SSSR count). The van der Waals surface area contributed by atoms with Crippen LogP contribution in [0.5, 0.6) is 0 Å². The van der Waals surface area contributed by atoms with Gasteiger partial charge in [0.1, 0.15) is 0 Å². The molecule has 0 aliphatic carbocycles. The molecule has 3 aromatic heterocycles. The molecule has 252 valence electrons. The molecule has 0 unspecified atom stereocenters. The van der Waals surface area contributed by atoms with Gasteiger partial charge in [-0.1, -0.05) is 158 Å². The molecule has 8 aromatic carbocycles. The van der Waals surface area contributed by atoms with Crippen LogP contribution in [-0.4, -0.2) is 19.5 Å². The van der Waals surface area contributed by atoms with E-state index < -0.39 is 0 Å². The van der Waals surface area contributed by atoms with Crippen molar-refractivity contribution in [2.45, 2.75) is 0 Å². The summed E-state index contributed by atoms with van der Waals surface area (Å²) >= 11 is 1.90. The second-order valence-corrected chi connectivity index (χ2v) is 14.6. The topological polar surface area (TPSA) is 43.6 Å². The summed E-state index contributed by atoms with van der Waals surface area (Å²) in [5.41, 5.74) is 8.62. The average molecular weight is 707 g/mol. The third-order valence-corrected chi connectivity index (χ3v) is 11.7. The normalized spacial score (nSPS) is 11.7. The van der Waals surface area contributed by atoms with Crippen LogP contribution in [0.2, 0.25) is 0 Å². The second-order valence-electron chi connectivity index (χ2n) is 13.6. The van der Waals surface area contributed by atoms with Gasteiger partial charge in [-0.25, -0.2) is 15.0 Å². The molecule has 0 aliphatic rings. The minimum atomic E-state index is 0.634. The summed E-state index contributed by atoms with van der Waals surface area (Å²) in [7, 11) is 0. The number of thiophene rings is 1. The maximum Gasteiger partial charge on any atom is 0.164 e. The van der Waals surface area contributed by atoms with Gasteiger partial charge in [0.2, 0.25) is 0 Å². The largest absolute Gasteiger partial charge is 0.309 e. The first kappa shape index (κ1) is 30.7. The Morgan fingerprint density at radius 2 is 0.926 bits per heavy atom. The molecule has 3 heterocycles. The van der Waals surface area contributed by atoms with E-state index >= 15 is 0 Å². The van der Waals surface area contributed by atoms with Crippen molar-refractivity contribution in [3.8, 4) is 51.0 Å². The van der Waals surface area contributed by atoms with Gasteiger partial charge >= 0.3 is 0 Å². The summed E-state index contributed by atoms with van der Waals surface area (Å²) in [4.78, 5) is 15.0. The van der Waals surface area contributed by atoms with Gasteiger partial charge < -0.3 is 4.57 Å². The number of benzene rings is 8. The Morgan fingerprint density at radius 1 is 0.352 bits per heavy atom. The molecule has 0 bridgehead atoms. The van der Waals surface area contributed by atoms with Crippen molar-refractivity contribution >= 4 is 64.1 Å². The Labute approximate surface area is 315 Å². The second kappa shape index (κ2) is 12.3. The molecule has 0 fully saturated rings. The highest BCUT2D eigenvalue weighted by Crippen LogP contribution is 2.44. The molecule has 0 radical (unpaired) electrons. The van der Waals surface area contributed by atoms with Crippen LogP contribution in [0.15, 0.2) is 182 Å². The number of aromatic nitrogens is 4. The molecular weight excluding hydrogens is 677 g/mol. The van der Waals surface area contributed by atoms with Crippen LogP contribution in [0.4, 0.5) is 0 Å². The monoisotopic (exact) mass is 706 g/mol. The fourth-order valence-corrected chi connectivity index (χ4v) is 9.26. The van der Waals surface area contributed by atoms with Gasteiger partial charge in [0.15, 0.2) is 17.5 Å². The van der Waals surface area contributed by atoms with Crippen molar-refractivity contribution in [1.82, 2.24) is 19.5 Å². The van der Waals surface area contributed by atoms with Crippen molar-refractivity contribution in [3.05, 3.63) is 182 Å². The fourth-order valence-electron chi connectivity index (χ4n) is 7.89. The van der Waals surface area contributed by atoms with Gasteiger partial charge in [0, 0.05) is 53.3 Å². The predicted molar refractivity (Wildman–Crippen MR) is 226 cm³/mol. The number of rotatable bonds is 5. The third-order valence-electron chi connectivity index (χ3n) is 10.4. The van der Waals surface area contributed by atoms with Gasteiger partial charge in [-0.05, 0) is 46.2 Å². The number of hydrogen-bond donors (Lipinski definition) is 0. The van der Waals surface area contributed by atoms with E-state index in [2.05, 4.69) is 126 Å². The molecule has 0 saturated heterocycles. The zero-order valence-corrected chi connectivity index (χ0v) is 29.8. The van der Waals surface area contributed by atoms with Gasteiger partial charge in [-0.3, -0.25) is 0 Å². The molecule has 4 nitrogen and oxygen atoms in total. The van der Waals surface area contributed by atoms with E-state index in [0.717, 1.165) is 33.4 Å². The summed E-state index contributed by atoms with van der Waals surface area (Å²) in [5.74, 6) is 1.93. The van der Waals surface area contributed by atoms with E-state index in [9.17, 15) is 0 Å². The molecule has 0 aliphatic heterocycles. The van der Waals surface area contributed by atoms with Gasteiger partial charge in [-0.15, -0.1) is 11.3 Å². The fraction of sp³-hybridized carbons (Fsp3) is 0. The summed E-state index contributed by atoms with van der Waals surface area (Å²) in [6, 6.07) is 64.4. The zero-order chi connectivity index (χ0) is 35.6. The van der Waals surface area contributed by atoms with E-state index in [1.165, 1.54) is 52.8 Å². The first-order chi connectivity index (χ1) is 26.8. The molecule has 11 aromatic rings. The molecule has 0 atom stereocenters. The Bertz CT molecular complexity index is 3160. The van der Waals surface area contributed by atoms with Crippen LogP contribution in [0.25, 0.3) is 104 Å². The van der Waals surface area contributed by atoms with Crippen molar-refractivity contribution in [2.75, 3.05) is 0 Å². The van der Waals surface area contributed by atoms with E-state index in [0.29, 0.717) is 17.5 Å². The van der Waals surface area contributed by atoms with Crippen molar-refractivity contribution in [2.24, 2.45) is 0 Å². The highest BCUT2D eigenvalue weighted by Gasteiger charge is 2.18. The van der Waals surface area contributed by atoms with Crippen LogP contribution in [-0.2, 0) is 0 Å². The van der Waals surface area contributed by atoms with Crippen LogP contribution in [0, 0.1) is 0 Å². The lowest BCUT2D eigenvalue weighted by Gasteiger charge is -2.12. The van der Waals surface area contributed by atoms with E-state index in [1.54, 1.807) is 0 Å². The van der Waals surface area contributed by atoms with Crippen LogP contribution >= 0.6 is 11.3 Å². The SMILES string of the molecule is c1ccc(-c2nc(-c3ccccc3)nc(-c3cccc(-n4c5ccccc5c5ccc(-c6cccc7c6sc6c8ccccc8ccc76)cc54)c3)n2)cc1. The molecule has 0 spiro atoms. The molecule has 54 heavy (non-hydrogen) atoms. The Hall–Kier alpha value is -6.95. The van der Waals surface area contributed by atoms with Gasteiger partial charge in [0.05, 0.1) is 11.0 Å².